The molecule has 0 saturated carbocycles. The molecule has 0 aliphatic heterocycles. The summed E-state index contributed by atoms with van der Waals surface area (Å²) >= 11 is 0. The summed E-state index contributed by atoms with van der Waals surface area (Å²) in [6.07, 6.45) is 4.44. The topological polar surface area (TPSA) is 122 Å². The van der Waals surface area contributed by atoms with E-state index in [2.05, 4.69) is 21.5 Å². The predicted molar refractivity (Wildman–Crippen MR) is 94.1 cm³/mol. The van der Waals surface area contributed by atoms with Crippen molar-refractivity contribution in [2.75, 3.05) is 18.6 Å². The molecule has 0 aliphatic carbocycles. The summed E-state index contributed by atoms with van der Waals surface area (Å²) in [5, 5.41) is 0. The number of benzene rings is 1. The van der Waals surface area contributed by atoms with Crippen LogP contribution in [-0.4, -0.2) is 22.1 Å². The van der Waals surface area contributed by atoms with Crippen molar-refractivity contribution in [1.82, 2.24) is 15.0 Å². The third-order valence-corrected chi connectivity index (χ3v) is 3.45. The number of aromatic nitrogens is 3. The molecule has 0 atom stereocenters. The molecule has 0 saturated heterocycles. The van der Waals surface area contributed by atoms with Crippen molar-refractivity contribution in [2.45, 2.75) is 6.92 Å². The second-order valence-corrected chi connectivity index (χ2v) is 5.25. The van der Waals surface area contributed by atoms with Crippen LogP contribution in [0.3, 0.4) is 0 Å². The number of methoxy groups -OCH3 is 1. The molecule has 3 rings (SSSR count). The fraction of sp³-hybridized carbons (Fsp3) is 0.118. The molecular formula is C17H17N5O3. The van der Waals surface area contributed by atoms with E-state index in [9.17, 15) is 0 Å². The Morgan fingerprint density at radius 1 is 1.16 bits per heavy atom. The van der Waals surface area contributed by atoms with E-state index in [1.54, 1.807) is 25.4 Å². The van der Waals surface area contributed by atoms with E-state index in [1.165, 1.54) is 12.5 Å². The van der Waals surface area contributed by atoms with E-state index in [0.717, 1.165) is 11.1 Å². The first-order valence-electron chi connectivity index (χ1n) is 7.33. The standard InChI is InChI=1S/C17H17N5O3/c1-9(2)10-6-12(23-3)11(16-20-4-5-24-16)7-13(10)25-14-8-21-17(19)22-15(14)18/h4-8H,1H2,2-3H3,(H4,18,19,21,22). The lowest BCUT2D eigenvalue weighted by molar-refractivity contribution is 0.412. The zero-order chi connectivity index (χ0) is 18.0. The monoisotopic (exact) mass is 339 g/mol. The van der Waals surface area contributed by atoms with Gasteiger partial charge in [0.25, 0.3) is 0 Å². The lowest BCUT2D eigenvalue weighted by atomic mass is 10.0. The molecule has 0 bridgehead atoms. The van der Waals surface area contributed by atoms with Crippen LogP contribution in [-0.2, 0) is 0 Å². The van der Waals surface area contributed by atoms with Gasteiger partial charge in [-0.15, -0.1) is 0 Å². The van der Waals surface area contributed by atoms with Crippen LogP contribution < -0.4 is 20.9 Å². The van der Waals surface area contributed by atoms with Gasteiger partial charge in [0.15, 0.2) is 11.6 Å². The van der Waals surface area contributed by atoms with Gasteiger partial charge in [0.2, 0.25) is 11.8 Å². The second-order valence-electron chi connectivity index (χ2n) is 5.25. The minimum Gasteiger partial charge on any atom is -0.496 e. The van der Waals surface area contributed by atoms with E-state index in [4.69, 9.17) is 25.4 Å². The smallest absolute Gasteiger partial charge is 0.229 e. The normalized spacial score (nSPS) is 10.5. The number of nitrogens with zero attached hydrogens (tertiary/aromatic N) is 3. The highest BCUT2D eigenvalue weighted by molar-refractivity contribution is 5.76. The third kappa shape index (κ3) is 3.23. The molecule has 1 aromatic carbocycles. The molecular weight excluding hydrogens is 322 g/mol. The lowest BCUT2D eigenvalue weighted by Gasteiger charge is -2.15. The van der Waals surface area contributed by atoms with Crippen molar-refractivity contribution < 1.29 is 13.9 Å². The molecule has 4 N–H and O–H groups in total. The van der Waals surface area contributed by atoms with E-state index >= 15 is 0 Å². The maximum atomic E-state index is 5.90. The number of hydrogen-bond donors (Lipinski definition) is 2. The van der Waals surface area contributed by atoms with Gasteiger partial charge < -0.3 is 25.4 Å². The Bertz CT molecular complexity index is 922. The van der Waals surface area contributed by atoms with Crippen molar-refractivity contribution in [3.05, 3.63) is 42.9 Å². The summed E-state index contributed by atoms with van der Waals surface area (Å²) in [5.41, 5.74) is 13.5. The largest absolute Gasteiger partial charge is 0.496 e. The predicted octanol–water partition coefficient (Wildman–Crippen LogP) is 3.13. The average Bonchev–Trinajstić information content (AvgIpc) is 3.11. The van der Waals surface area contributed by atoms with Gasteiger partial charge in [0, 0.05) is 5.56 Å². The molecule has 3 aromatic rings. The molecule has 2 aromatic heterocycles. The van der Waals surface area contributed by atoms with E-state index in [0.29, 0.717) is 23.0 Å². The van der Waals surface area contributed by atoms with Gasteiger partial charge in [-0.05, 0) is 24.6 Å². The average molecular weight is 339 g/mol. The minimum atomic E-state index is 0.0696. The number of rotatable bonds is 5. The van der Waals surface area contributed by atoms with Gasteiger partial charge in [-0.25, -0.2) is 9.97 Å². The Morgan fingerprint density at radius 2 is 1.96 bits per heavy atom. The van der Waals surface area contributed by atoms with Gasteiger partial charge in [0.1, 0.15) is 17.8 Å². The first-order chi connectivity index (χ1) is 12.0. The summed E-state index contributed by atoms with van der Waals surface area (Å²) in [7, 11) is 1.57. The Labute approximate surface area is 144 Å². The summed E-state index contributed by atoms with van der Waals surface area (Å²) in [6.45, 7) is 5.83. The Balaban J connectivity index is 2.13. The van der Waals surface area contributed by atoms with Crippen LogP contribution in [0.2, 0.25) is 0 Å². The van der Waals surface area contributed by atoms with Crippen molar-refractivity contribution in [1.29, 1.82) is 0 Å². The maximum Gasteiger partial charge on any atom is 0.229 e. The second kappa shape index (κ2) is 6.52. The number of oxazole rings is 1. The lowest BCUT2D eigenvalue weighted by Crippen LogP contribution is -2.02. The number of nitrogens with two attached hydrogens (primary N) is 2. The molecule has 8 heteroatoms. The highest BCUT2D eigenvalue weighted by atomic mass is 16.5. The van der Waals surface area contributed by atoms with Crippen LogP contribution in [0.15, 0.2) is 41.8 Å². The van der Waals surface area contributed by atoms with Crippen LogP contribution in [0.5, 0.6) is 17.2 Å². The van der Waals surface area contributed by atoms with Crippen molar-refractivity contribution in [3.63, 3.8) is 0 Å². The minimum absolute atomic E-state index is 0.0696. The summed E-state index contributed by atoms with van der Waals surface area (Å²) < 4.78 is 16.7. The molecule has 0 spiro atoms. The van der Waals surface area contributed by atoms with Crippen molar-refractivity contribution in [2.24, 2.45) is 0 Å². The highest BCUT2D eigenvalue weighted by Crippen LogP contribution is 2.40. The summed E-state index contributed by atoms with van der Waals surface area (Å²) in [5.74, 6) is 1.95. The van der Waals surface area contributed by atoms with Gasteiger partial charge in [-0.1, -0.05) is 6.58 Å². The van der Waals surface area contributed by atoms with Crippen LogP contribution in [0.1, 0.15) is 12.5 Å². The van der Waals surface area contributed by atoms with Crippen molar-refractivity contribution >= 4 is 17.3 Å². The fourth-order valence-corrected chi connectivity index (χ4v) is 2.27. The zero-order valence-corrected chi connectivity index (χ0v) is 13.8. The van der Waals surface area contributed by atoms with E-state index in [1.807, 2.05) is 6.92 Å². The molecule has 25 heavy (non-hydrogen) atoms. The number of ether oxygens (including phenoxy) is 2. The van der Waals surface area contributed by atoms with Gasteiger partial charge in [-0.2, -0.15) is 4.98 Å². The Morgan fingerprint density at radius 3 is 2.56 bits per heavy atom. The van der Waals surface area contributed by atoms with Crippen LogP contribution in [0.25, 0.3) is 17.0 Å². The van der Waals surface area contributed by atoms with Gasteiger partial charge in [-0.3, -0.25) is 0 Å². The van der Waals surface area contributed by atoms with Crippen LogP contribution in [0, 0.1) is 0 Å². The van der Waals surface area contributed by atoms with Gasteiger partial charge >= 0.3 is 0 Å². The molecule has 0 amide bonds. The van der Waals surface area contributed by atoms with E-state index < -0.39 is 0 Å². The first kappa shape index (κ1) is 16.3. The SMILES string of the molecule is C=C(C)c1cc(OC)c(-c2ncco2)cc1Oc1cnc(N)nc1N. The Hall–Kier alpha value is -3.55. The molecule has 0 fully saturated rings. The zero-order valence-electron chi connectivity index (χ0n) is 13.8. The van der Waals surface area contributed by atoms with Crippen LogP contribution >= 0.6 is 0 Å². The first-order valence-corrected chi connectivity index (χ1v) is 7.33. The molecule has 8 nitrogen and oxygen atoms in total. The number of allylic oxidation sites excluding steroid dienone is 1. The maximum absolute atomic E-state index is 5.90. The van der Waals surface area contributed by atoms with Gasteiger partial charge in [0.05, 0.1) is 25.1 Å². The third-order valence-electron chi connectivity index (χ3n) is 3.45. The summed E-state index contributed by atoms with van der Waals surface area (Å²) in [4.78, 5) is 11.9. The van der Waals surface area contributed by atoms with Crippen molar-refractivity contribution in [3.8, 4) is 28.7 Å². The van der Waals surface area contributed by atoms with Crippen LogP contribution in [0.4, 0.5) is 11.8 Å². The molecule has 0 radical (unpaired) electrons. The number of nitrogen functional groups attached to an aromatic ring is 2. The number of anilines is 2. The molecule has 0 aliphatic rings. The highest BCUT2D eigenvalue weighted by Gasteiger charge is 2.18. The molecule has 128 valence electrons. The Kier molecular flexibility index (Phi) is 4.25. The summed E-state index contributed by atoms with van der Waals surface area (Å²) in [6, 6.07) is 3.54. The molecule has 2 heterocycles. The fourth-order valence-electron chi connectivity index (χ4n) is 2.27. The quantitative estimate of drug-likeness (QED) is 0.727. The van der Waals surface area contributed by atoms with E-state index in [-0.39, 0.29) is 17.5 Å². The molecule has 0 unspecified atom stereocenters. The number of hydrogen-bond acceptors (Lipinski definition) is 8.